The van der Waals surface area contributed by atoms with Gasteiger partial charge in [-0.1, -0.05) is 6.08 Å². The molecule has 8 heteroatoms. The van der Waals surface area contributed by atoms with E-state index in [1.807, 2.05) is 9.80 Å². The molecule has 2 atom stereocenters. The molecule has 2 amide bonds. The van der Waals surface area contributed by atoms with E-state index >= 15 is 0 Å². The minimum Gasteiger partial charge on any atom is -0.377 e. The number of piperidine rings is 2. The van der Waals surface area contributed by atoms with Gasteiger partial charge in [-0.2, -0.15) is 0 Å². The summed E-state index contributed by atoms with van der Waals surface area (Å²) >= 11 is 0. The number of hydrogen-bond acceptors (Lipinski definition) is 4. The van der Waals surface area contributed by atoms with E-state index < -0.39 is 0 Å². The van der Waals surface area contributed by atoms with Crippen molar-refractivity contribution in [2.75, 3.05) is 26.3 Å². The number of nitrogens with zero attached hydrogens (tertiary/aromatic N) is 4. The molecule has 2 unspecified atom stereocenters. The lowest BCUT2D eigenvalue weighted by Gasteiger charge is -2.51. The monoisotopic (exact) mass is 376 g/mol. The van der Waals surface area contributed by atoms with Crippen LogP contribution in [0.1, 0.15) is 36.2 Å². The van der Waals surface area contributed by atoms with Crippen LogP contribution in [0.5, 0.6) is 0 Å². The van der Waals surface area contributed by atoms with Crippen LogP contribution in [0, 0.1) is 0 Å². The summed E-state index contributed by atoms with van der Waals surface area (Å²) in [5.41, 5.74) is 0.184. The highest BCUT2D eigenvalue weighted by Crippen LogP contribution is 2.30. The van der Waals surface area contributed by atoms with E-state index in [9.17, 15) is 14.4 Å². The van der Waals surface area contributed by atoms with Crippen LogP contribution >= 0.6 is 0 Å². The Morgan fingerprint density at radius 1 is 1.22 bits per heavy atom. The second-order valence-electron chi connectivity index (χ2n) is 7.32. The Kier molecular flexibility index (Phi) is 5.84. The Bertz CT molecular complexity index is 781. The van der Waals surface area contributed by atoms with Gasteiger partial charge in [0.15, 0.2) is 0 Å². The Labute approximate surface area is 159 Å². The lowest BCUT2D eigenvalue weighted by molar-refractivity contribution is -0.140. The second-order valence-corrected chi connectivity index (χ2v) is 7.32. The van der Waals surface area contributed by atoms with Gasteiger partial charge in [0.05, 0.1) is 6.61 Å². The number of carbonyl (C=O) groups is 2. The van der Waals surface area contributed by atoms with Crippen LogP contribution in [-0.4, -0.2) is 69.1 Å². The van der Waals surface area contributed by atoms with Gasteiger partial charge in [-0.05, 0) is 19.3 Å². The molecule has 3 aliphatic rings. The normalized spacial score (nSPS) is 21.6. The molecule has 1 aromatic rings. The van der Waals surface area contributed by atoms with Crippen molar-refractivity contribution in [3.8, 4) is 0 Å². The molecule has 1 aromatic heterocycles. The van der Waals surface area contributed by atoms with E-state index in [1.165, 1.54) is 9.13 Å². The zero-order chi connectivity index (χ0) is 19.6. The van der Waals surface area contributed by atoms with Crippen LogP contribution in [0.3, 0.4) is 0 Å². The van der Waals surface area contributed by atoms with Gasteiger partial charge in [0, 0.05) is 58.5 Å². The summed E-state index contributed by atoms with van der Waals surface area (Å²) in [6.07, 6.45) is 6.24. The first-order chi connectivity index (χ1) is 12.9. The fourth-order valence-electron chi connectivity index (χ4n) is 4.03. The third-order valence-electron chi connectivity index (χ3n) is 5.51. The predicted octanol–water partition coefficient (Wildman–Crippen LogP) is 0.522. The minimum atomic E-state index is -0.212. The van der Waals surface area contributed by atoms with Crippen molar-refractivity contribution in [1.82, 2.24) is 18.9 Å². The van der Waals surface area contributed by atoms with Crippen LogP contribution in [0.4, 0.5) is 0 Å². The number of amides is 2. The third kappa shape index (κ3) is 3.85. The van der Waals surface area contributed by atoms with Gasteiger partial charge in [0.2, 0.25) is 5.91 Å². The number of piperazine rings is 1. The minimum absolute atomic E-state index is 0.0128. The Morgan fingerprint density at radius 3 is 2.44 bits per heavy atom. The number of ether oxygens (including phenoxy) is 1. The van der Waals surface area contributed by atoms with Crippen molar-refractivity contribution in [1.29, 1.82) is 0 Å². The summed E-state index contributed by atoms with van der Waals surface area (Å²) < 4.78 is 8.13. The van der Waals surface area contributed by atoms with Gasteiger partial charge in [-0.25, -0.2) is 4.79 Å². The molecular weight excluding hydrogens is 348 g/mol. The topological polar surface area (TPSA) is 76.8 Å². The molecule has 2 bridgehead atoms. The molecule has 3 aliphatic heterocycles. The standard InChI is InChI=1S/C19H28N4O4/c1-4-9-27-10-5-6-17(24)22-11-15-8-7-14(22)12-23(15)18(25)16-13-20(2)19(26)21(16)3/h4,13-15H,1,5-12H2,2-3H3. The number of rotatable bonds is 7. The van der Waals surface area contributed by atoms with E-state index in [2.05, 4.69) is 6.58 Å². The molecule has 8 nitrogen and oxygen atoms in total. The number of fused-ring (bicyclic) bond motifs is 3. The van der Waals surface area contributed by atoms with Crippen LogP contribution in [-0.2, 0) is 23.6 Å². The van der Waals surface area contributed by atoms with Crippen LogP contribution in [0.15, 0.2) is 23.6 Å². The summed E-state index contributed by atoms with van der Waals surface area (Å²) in [6.45, 7) is 5.75. The predicted molar refractivity (Wildman–Crippen MR) is 100 cm³/mol. The molecule has 0 spiro atoms. The fourth-order valence-corrected chi connectivity index (χ4v) is 4.03. The molecular formula is C19H28N4O4. The van der Waals surface area contributed by atoms with Crippen LogP contribution < -0.4 is 5.69 Å². The number of aryl methyl sites for hydroxylation is 1. The maximum Gasteiger partial charge on any atom is 0.328 e. The average molecular weight is 376 g/mol. The molecule has 3 fully saturated rings. The largest absolute Gasteiger partial charge is 0.377 e. The summed E-state index contributed by atoms with van der Waals surface area (Å²) in [6, 6.07) is 0.0695. The van der Waals surface area contributed by atoms with Gasteiger partial charge in [-0.3, -0.25) is 14.2 Å². The number of hydrogen-bond donors (Lipinski definition) is 0. The number of imidazole rings is 1. The quantitative estimate of drug-likeness (QED) is 0.514. The van der Waals surface area contributed by atoms with Crippen molar-refractivity contribution in [2.45, 2.75) is 37.8 Å². The van der Waals surface area contributed by atoms with Crippen molar-refractivity contribution in [3.63, 3.8) is 0 Å². The first-order valence-electron chi connectivity index (χ1n) is 9.45. The molecule has 0 radical (unpaired) electrons. The van der Waals surface area contributed by atoms with Crippen molar-refractivity contribution < 1.29 is 14.3 Å². The first-order valence-corrected chi connectivity index (χ1v) is 9.45. The van der Waals surface area contributed by atoms with Crippen molar-refractivity contribution in [3.05, 3.63) is 35.0 Å². The molecule has 4 rings (SSSR count). The molecule has 4 heterocycles. The average Bonchev–Trinajstić information content (AvgIpc) is 2.94. The zero-order valence-electron chi connectivity index (χ0n) is 16.1. The Morgan fingerprint density at radius 2 is 1.89 bits per heavy atom. The smallest absolute Gasteiger partial charge is 0.328 e. The number of aromatic nitrogens is 2. The lowest BCUT2D eigenvalue weighted by Crippen LogP contribution is -2.65. The molecule has 0 saturated carbocycles. The second kappa shape index (κ2) is 8.12. The molecule has 3 saturated heterocycles. The summed E-state index contributed by atoms with van der Waals surface area (Å²) in [5, 5.41) is 0. The third-order valence-corrected chi connectivity index (χ3v) is 5.51. The highest BCUT2D eigenvalue weighted by atomic mass is 16.5. The summed E-state index contributed by atoms with van der Waals surface area (Å²) in [5.74, 6) is 0.000868. The number of carbonyl (C=O) groups excluding carboxylic acids is 2. The van der Waals surface area contributed by atoms with E-state index in [4.69, 9.17) is 4.74 Å². The van der Waals surface area contributed by atoms with E-state index in [-0.39, 0.29) is 29.6 Å². The highest BCUT2D eigenvalue weighted by molar-refractivity contribution is 5.93. The molecule has 148 valence electrons. The maximum atomic E-state index is 12.9. The first kappa shape index (κ1) is 19.4. The van der Waals surface area contributed by atoms with Gasteiger partial charge in [0.1, 0.15) is 5.69 Å². The molecule has 0 N–H and O–H groups in total. The molecule has 0 aliphatic carbocycles. The van der Waals surface area contributed by atoms with Gasteiger partial charge >= 0.3 is 5.69 Å². The SMILES string of the molecule is C=CCOCCCC(=O)N1CC2CCC1CN2C(=O)c1cn(C)c(=O)n1C. The summed E-state index contributed by atoms with van der Waals surface area (Å²) in [7, 11) is 3.25. The van der Waals surface area contributed by atoms with Gasteiger partial charge < -0.3 is 19.1 Å². The van der Waals surface area contributed by atoms with Crippen LogP contribution in [0.2, 0.25) is 0 Å². The van der Waals surface area contributed by atoms with Crippen molar-refractivity contribution in [2.24, 2.45) is 14.1 Å². The van der Waals surface area contributed by atoms with E-state index in [0.29, 0.717) is 44.8 Å². The van der Waals surface area contributed by atoms with E-state index in [0.717, 1.165) is 12.8 Å². The van der Waals surface area contributed by atoms with Crippen molar-refractivity contribution >= 4 is 11.8 Å². The molecule has 0 aromatic carbocycles. The van der Waals surface area contributed by atoms with Gasteiger partial charge in [0.25, 0.3) is 5.91 Å². The maximum absolute atomic E-state index is 12.9. The zero-order valence-corrected chi connectivity index (χ0v) is 16.1. The van der Waals surface area contributed by atoms with Gasteiger partial charge in [-0.15, -0.1) is 6.58 Å². The summed E-state index contributed by atoms with van der Waals surface area (Å²) in [4.78, 5) is 41.2. The van der Waals surface area contributed by atoms with E-state index in [1.54, 1.807) is 26.4 Å². The fraction of sp³-hybridized carbons (Fsp3) is 0.632. The lowest BCUT2D eigenvalue weighted by atomic mass is 9.90. The highest BCUT2D eigenvalue weighted by Gasteiger charge is 2.43. The Hall–Kier alpha value is -2.35. The molecule has 27 heavy (non-hydrogen) atoms. The van der Waals surface area contributed by atoms with Crippen LogP contribution in [0.25, 0.3) is 0 Å². The Balaban J connectivity index is 1.60.